The molecule has 100 valence electrons. The molecule has 1 rings (SSSR count). The van der Waals surface area contributed by atoms with Crippen LogP contribution in [-0.2, 0) is 14.6 Å². The third-order valence-corrected chi connectivity index (χ3v) is 4.24. The predicted molar refractivity (Wildman–Crippen MR) is 59.3 cm³/mol. The summed E-state index contributed by atoms with van der Waals surface area (Å²) in [4.78, 5) is 12.6. The molecule has 1 saturated heterocycles. The topological polar surface area (TPSA) is 104 Å². The first-order valence-electron chi connectivity index (χ1n) is 5.34. The van der Waals surface area contributed by atoms with E-state index in [4.69, 9.17) is 9.84 Å². The molecule has 2 N–H and O–H groups in total. The fourth-order valence-electron chi connectivity index (χ4n) is 1.81. The lowest BCUT2D eigenvalue weighted by Gasteiger charge is -2.28. The quantitative estimate of drug-likeness (QED) is 0.649. The Morgan fingerprint density at radius 1 is 1.47 bits per heavy atom. The molecule has 0 bridgehead atoms. The Morgan fingerprint density at radius 3 is 2.53 bits per heavy atom. The SMILES string of the molecule is CCOC(=O)N(CCO)[C@@H]1CS(=O)(=O)C[C@H]1O. The van der Waals surface area contributed by atoms with E-state index in [1.54, 1.807) is 6.92 Å². The molecule has 2 atom stereocenters. The maximum Gasteiger partial charge on any atom is 0.410 e. The van der Waals surface area contributed by atoms with Crippen LogP contribution in [-0.4, -0.2) is 73.0 Å². The van der Waals surface area contributed by atoms with Crippen molar-refractivity contribution in [3.63, 3.8) is 0 Å². The largest absolute Gasteiger partial charge is 0.450 e. The molecule has 0 aliphatic carbocycles. The highest BCUT2D eigenvalue weighted by Gasteiger charge is 2.42. The summed E-state index contributed by atoms with van der Waals surface area (Å²) in [5.41, 5.74) is 0. The lowest BCUT2D eigenvalue weighted by Crippen LogP contribution is -2.48. The first-order chi connectivity index (χ1) is 7.91. The van der Waals surface area contributed by atoms with Gasteiger partial charge < -0.3 is 14.9 Å². The van der Waals surface area contributed by atoms with Gasteiger partial charge >= 0.3 is 6.09 Å². The summed E-state index contributed by atoms with van der Waals surface area (Å²) >= 11 is 0. The lowest BCUT2D eigenvalue weighted by molar-refractivity contribution is 0.0482. The molecule has 0 unspecified atom stereocenters. The second-order valence-electron chi connectivity index (χ2n) is 3.83. The van der Waals surface area contributed by atoms with Gasteiger partial charge in [-0.1, -0.05) is 0 Å². The van der Waals surface area contributed by atoms with Crippen LogP contribution in [0.2, 0.25) is 0 Å². The Hall–Kier alpha value is -0.860. The molecule has 1 aliphatic heterocycles. The maximum atomic E-state index is 11.6. The number of carbonyl (C=O) groups excluding carboxylic acids is 1. The van der Waals surface area contributed by atoms with E-state index < -0.39 is 28.1 Å². The monoisotopic (exact) mass is 267 g/mol. The first-order valence-corrected chi connectivity index (χ1v) is 7.16. The van der Waals surface area contributed by atoms with Crippen LogP contribution in [0.1, 0.15) is 6.92 Å². The van der Waals surface area contributed by atoms with Crippen molar-refractivity contribution >= 4 is 15.9 Å². The summed E-state index contributed by atoms with van der Waals surface area (Å²) in [6, 6.07) is -0.841. The zero-order chi connectivity index (χ0) is 13.1. The molecule has 0 saturated carbocycles. The number of sulfone groups is 1. The number of aliphatic hydroxyl groups excluding tert-OH is 2. The highest BCUT2D eigenvalue weighted by Crippen LogP contribution is 2.19. The van der Waals surface area contributed by atoms with Gasteiger partial charge in [0.25, 0.3) is 0 Å². The summed E-state index contributed by atoms with van der Waals surface area (Å²) in [6.07, 6.45) is -1.85. The molecule has 0 spiro atoms. The summed E-state index contributed by atoms with van der Waals surface area (Å²) in [5, 5.41) is 18.5. The standard InChI is InChI=1S/C9H17NO6S/c1-2-16-9(13)10(3-4-11)7-5-17(14,15)6-8(7)12/h7-8,11-12H,2-6H2,1H3/t7-,8-/m1/s1. The van der Waals surface area contributed by atoms with E-state index in [1.807, 2.05) is 0 Å². The molecule has 1 amide bonds. The van der Waals surface area contributed by atoms with Gasteiger partial charge in [-0.3, -0.25) is 4.90 Å². The Labute approximate surface area is 99.9 Å². The van der Waals surface area contributed by atoms with E-state index in [-0.39, 0.29) is 31.3 Å². The van der Waals surface area contributed by atoms with Crippen molar-refractivity contribution in [3.05, 3.63) is 0 Å². The highest BCUT2D eigenvalue weighted by molar-refractivity contribution is 7.91. The number of nitrogens with zero attached hydrogens (tertiary/aromatic N) is 1. The van der Waals surface area contributed by atoms with Crippen molar-refractivity contribution in [2.45, 2.75) is 19.1 Å². The van der Waals surface area contributed by atoms with Gasteiger partial charge in [0.05, 0.1) is 36.9 Å². The molecule has 17 heavy (non-hydrogen) atoms. The minimum Gasteiger partial charge on any atom is -0.450 e. The van der Waals surface area contributed by atoms with Gasteiger partial charge in [0.1, 0.15) is 0 Å². The van der Waals surface area contributed by atoms with Gasteiger partial charge in [-0.25, -0.2) is 13.2 Å². The number of amides is 1. The summed E-state index contributed by atoms with van der Waals surface area (Å²) in [5.74, 6) is -0.661. The fraction of sp³-hybridized carbons (Fsp3) is 0.889. The second kappa shape index (κ2) is 5.65. The molecule has 8 heteroatoms. The Morgan fingerprint density at radius 2 is 2.12 bits per heavy atom. The van der Waals surface area contributed by atoms with Crippen molar-refractivity contribution in [1.82, 2.24) is 4.90 Å². The number of aliphatic hydroxyl groups is 2. The Bertz CT molecular complexity index is 368. The van der Waals surface area contributed by atoms with E-state index >= 15 is 0 Å². The number of hydrogen-bond acceptors (Lipinski definition) is 6. The molecule has 0 aromatic rings. The van der Waals surface area contributed by atoms with Crippen molar-refractivity contribution in [1.29, 1.82) is 0 Å². The molecular weight excluding hydrogens is 250 g/mol. The minimum absolute atomic E-state index is 0.0594. The van der Waals surface area contributed by atoms with Crippen LogP contribution >= 0.6 is 0 Å². The number of ether oxygens (including phenoxy) is 1. The predicted octanol–water partition coefficient (Wildman–Crippen LogP) is -1.40. The molecule has 0 radical (unpaired) electrons. The van der Waals surface area contributed by atoms with Crippen molar-refractivity contribution in [2.75, 3.05) is 31.3 Å². The van der Waals surface area contributed by atoms with Crippen LogP contribution < -0.4 is 0 Å². The lowest BCUT2D eigenvalue weighted by atomic mass is 10.2. The average molecular weight is 267 g/mol. The summed E-state index contributed by atoms with van der Waals surface area (Å²) in [7, 11) is -3.34. The van der Waals surface area contributed by atoms with E-state index in [9.17, 15) is 18.3 Å². The van der Waals surface area contributed by atoms with Crippen molar-refractivity contribution < 1.29 is 28.2 Å². The van der Waals surface area contributed by atoms with Crippen molar-refractivity contribution in [2.24, 2.45) is 0 Å². The molecule has 0 aromatic carbocycles. The number of carbonyl (C=O) groups is 1. The molecule has 1 aliphatic rings. The second-order valence-corrected chi connectivity index (χ2v) is 5.98. The van der Waals surface area contributed by atoms with Crippen LogP contribution in [0.5, 0.6) is 0 Å². The van der Waals surface area contributed by atoms with Crippen LogP contribution in [0, 0.1) is 0 Å². The molecule has 1 fully saturated rings. The van der Waals surface area contributed by atoms with Crippen LogP contribution in [0.3, 0.4) is 0 Å². The minimum atomic E-state index is -3.34. The Balaban J connectivity index is 2.81. The third-order valence-electron chi connectivity index (χ3n) is 2.54. The zero-order valence-corrected chi connectivity index (χ0v) is 10.4. The highest BCUT2D eigenvalue weighted by atomic mass is 32.2. The number of rotatable bonds is 4. The zero-order valence-electron chi connectivity index (χ0n) is 9.57. The molecule has 7 nitrogen and oxygen atoms in total. The number of hydrogen-bond donors (Lipinski definition) is 2. The van der Waals surface area contributed by atoms with Gasteiger partial charge in [-0.05, 0) is 6.92 Å². The van der Waals surface area contributed by atoms with E-state index in [2.05, 4.69) is 0 Å². The smallest absolute Gasteiger partial charge is 0.410 e. The normalized spacial score (nSPS) is 26.8. The van der Waals surface area contributed by atoms with Gasteiger partial charge in [-0.2, -0.15) is 0 Å². The summed E-state index contributed by atoms with van der Waals surface area (Å²) in [6.45, 7) is 1.39. The van der Waals surface area contributed by atoms with E-state index in [1.165, 1.54) is 0 Å². The van der Waals surface area contributed by atoms with Crippen LogP contribution in [0.4, 0.5) is 4.79 Å². The van der Waals surface area contributed by atoms with Gasteiger partial charge in [0.2, 0.25) is 0 Å². The van der Waals surface area contributed by atoms with E-state index in [0.717, 1.165) is 4.90 Å². The van der Waals surface area contributed by atoms with E-state index in [0.29, 0.717) is 0 Å². The third kappa shape index (κ3) is 3.55. The van der Waals surface area contributed by atoms with Gasteiger partial charge in [0.15, 0.2) is 9.84 Å². The fourth-order valence-corrected chi connectivity index (χ4v) is 3.62. The van der Waals surface area contributed by atoms with Crippen LogP contribution in [0.15, 0.2) is 0 Å². The molecule has 0 aromatic heterocycles. The van der Waals surface area contributed by atoms with Crippen molar-refractivity contribution in [3.8, 4) is 0 Å². The first kappa shape index (κ1) is 14.2. The summed E-state index contributed by atoms with van der Waals surface area (Å²) < 4.78 is 27.4. The molecule has 1 heterocycles. The van der Waals surface area contributed by atoms with Gasteiger partial charge in [0, 0.05) is 6.54 Å². The van der Waals surface area contributed by atoms with Gasteiger partial charge in [-0.15, -0.1) is 0 Å². The molecular formula is C9H17NO6S. The maximum absolute atomic E-state index is 11.6. The Kier molecular flexibility index (Phi) is 4.72. The average Bonchev–Trinajstić information content (AvgIpc) is 2.49. The van der Waals surface area contributed by atoms with Crippen LogP contribution in [0.25, 0.3) is 0 Å².